The Morgan fingerprint density at radius 3 is 2.46 bits per heavy atom. The molecule has 1 aromatic heterocycles. The summed E-state index contributed by atoms with van der Waals surface area (Å²) >= 11 is 6.60. The van der Waals surface area contributed by atoms with E-state index in [-0.39, 0.29) is 81.2 Å². The van der Waals surface area contributed by atoms with E-state index < -0.39 is 47.1 Å². The molecular formula is C39H40ClN3O11. The van der Waals surface area contributed by atoms with Crippen LogP contribution in [0.15, 0.2) is 58.6 Å². The van der Waals surface area contributed by atoms with Crippen LogP contribution in [0.4, 0.5) is 0 Å². The van der Waals surface area contributed by atoms with Gasteiger partial charge in [-0.05, 0) is 36.1 Å². The Morgan fingerprint density at radius 2 is 1.74 bits per heavy atom. The normalized spacial score (nSPS) is 23.4. The van der Waals surface area contributed by atoms with Gasteiger partial charge >= 0.3 is 0 Å². The number of halogens is 1. The largest absolute Gasteiger partial charge is 0.507 e. The molecule has 1 saturated heterocycles. The summed E-state index contributed by atoms with van der Waals surface area (Å²) in [5.74, 6) is -4.80. The van der Waals surface area contributed by atoms with Crippen LogP contribution in [0.3, 0.4) is 0 Å². The Bertz CT molecular complexity index is 2180. The van der Waals surface area contributed by atoms with Gasteiger partial charge < -0.3 is 43.9 Å². The van der Waals surface area contributed by atoms with E-state index in [1.54, 1.807) is 22.5 Å². The Balaban J connectivity index is 1.19. The first-order chi connectivity index (χ1) is 25.8. The number of piperidine rings is 1. The molecule has 4 aliphatic rings. The summed E-state index contributed by atoms with van der Waals surface area (Å²) in [6.45, 7) is 2.61. The zero-order valence-electron chi connectivity index (χ0n) is 30.1. The van der Waals surface area contributed by atoms with Crippen LogP contribution in [0, 0.1) is 11.8 Å². The van der Waals surface area contributed by atoms with Crippen molar-refractivity contribution >= 4 is 35.0 Å². The molecule has 5 unspecified atom stereocenters. The summed E-state index contributed by atoms with van der Waals surface area (Å²) in [7, 11) is 4.07. The molecule has 1 fully saturated rings. The number of hydrogen-bond acceptors (Lipinski definition) is 11. The number of carbonyl (C=O) groups is 4. The van der Waals surface area contributed by atoms with Crippen molar-refractivity contribution in [3.8, 4) is 28.7 Å². The smallest absolute Gasteiger partial charge is 0.250 e. The maximum Gasteiger partial charge on any atom is 0.250 e. The second kappa shape index (κ2) is 14.0. The molecule has 14 nitrogen and oxygen atoms in total. The summed E-state index contributed by atoms with van der Waals surface area (Å²) in [5, 5.41) is 25.2. The molecule has 54 heavy (non-hydrogen) atoms. The lowest BCUT2D eigenvalue weighted by Crippen LogP contribution is -2.53. The number of nitrogens with zero attached hydrogens (tertiary/aromatic N) is 2. The molecule has 0 radical (unpaired) electrons. The molecule has 4 heterocycles. The molecule has 2 amide bonds. The summed E-state index contributed by atoms with van der Waals surface area (Å²) in [5.41, 5.74) is -1.25. The Hall–Kier alpha value is -5.50. The average Bonchev–Trinajstić information content (AvgIpc) is 3.47. The lowest BCUT2D eigenvalue weighted by Gasteiger charge is -2.42. The number of aromatic nitrogens is 1. The lowest BCUT2D eigenvalue weighted by molar-refractivity contribution is -0.135. The number of phenols is 1. The minimum Gasteiger partial charge on any atom is -0.507 e. The lowest BCUT2D eigenvalue weighted by atomic mass is 9.69. The number of hydrogen-bond donors (Lipinski definition) is 3. The van der Waals surface area contributed by atoms with Crippen LogP contribution in [0.1, 0.15) is 59.6 Å². The molecular weight excluding hydrogens is 722 g/mol. The molecule has 284 valence electrons. The number of pyridine rings is 1. The van der Waals surface area contributed by atoms with E-state index in [0.717, 1.165) is 12.1 Å². The number of ether oxygens (including phenoxy) is 4. The van der Waals surface area contributed by atoms with Gasteiger partial charge in [0, 0.05) is 73.6 Å². The fraction of sp³-hybridized carbons (Fsp3) is 0.410. The zero-order chi connectivity index (χ0) is 38.6. The van der Waals surface area contributed by atoms with E-state index in [2.05, 4.69) is 5.32 Å². The van der Waals surface area contributed by atoms with Crippen molar-refractivity contribution < 1.29 is 48.3 Å². The summed E-state index contributed by atoms with van der Waals surface area (Å²) in [6.07, 6.45) is 0.180. The first kappa shape index (κ1) is 36.8. The highest BCUT2D eigenvalue weighted by molar-refractivity contribution is 6.35. The van der Waals surface area contributed by atoms with Crippen molar-refractivity contribution in [1.82, 2.24) is 14.8 Å². The van der Waals surface area contributed by atoms with Crippen LogP contribution in [-0.4, -0.2) is 89.6 Å². The van der Waals surface area contributed by atoms with Gasteiger partial charge in [-0.3, -0.25) is 24.0 Å². The Kier molecular flexibility index (Phi) is 9.59. The summed E-state index contributed by atoms with van der Waals surface area (Å²) < 4.78 is 24.2. The highest BCUT2D eigenvalue weighted by atomic mass is 35.5. The summed E-state index contributed by atoms with van der Waals surface area (Å²) in [6, 6.07) is 10.8. The number of aliphatic hydroxyl groups excluding tert-OH is 1. The van der Waals surface area contributed by atoms with Crippen molar-refractivity contribution in [3.63, 3.8) is 0 Å². The van der Waals surface area contributed by atoms with Crippen molar-refractivity contribution in [3.05, 3.63) is 86.0 Å². The molecule has 5 atom stereocenters. The van der Waals surface area contributed by atoms with Crippen molar-refractivity contribution in [2.75, 3.05) is 41.0 Å². The average molecular weight is 762 g/mol. The van der Waals surface area contributed by atoms with Gasteiger partial charge in [-0.15, -0.1) is 0 Å². The quantitative estimate of drug-likeness (QED) is 0.288. The number of amides is 2. The molecule has 2 aromatic carbocycles. The highest BCUT2D eigenvalue weighted by Gasteiger charge is 2.61. The minimum absolute atomic E-state index is 0.00978. The van der Waals surface area contributed by atoms with Gasteiger partial charge in [-0.2, -0.15) is 0 Å². The predicted octanol–water partition coefficient (Wildman–Crippen LogP) is 3.90. The van der Waals surface area contributed by atoms with E-state index in [4.69, 9.17) is 30.5 Å². The monoisotopic (exact) mass is 761 g/mol. The molecule has 0 saturated carbocycles. The van der Waals surface area contributed by atoms with E-state index in [1.165, 1.54) is 51.7 Å². The molecule has 15 heteroatoms. The number of methoxy groups -OCH3 is 3. The highest BCUT2D eigenvalue weighted by Crippen LogP contribution is 2.56. The molecule has 1 spiro atoms. The number of aliphatic hydroxyl groups is 1. The third-order valence-electron chi connectivity index (χ3n) is 11.1. The van der Waals surface area contributed by atoms with Crippen molar-refractivity contribution in [2.45, 2.75) is 50.2 Å². The van der Waals surface area contributed by atoms with E-state index in [1.807, 2.05) is 6.07 Å². The fourth-order valence-electron chi connectivity index (χ4n) is 8.48. The third kappa shape index (κ3) is 5.92. The van der Waals surface area contributed by atoms with Gasteiger partial charge in [-0.1, -0.05) is 30.7 Å². The maximum absolute atomic E-state index is 14.4. The number of likely N-dealkylation sites (tertiary alicyclic amines) is 1. The number of benzene rings is 2. The van der Waals surface area contributed by atoms with Gasteiger partial charge in [0.05, 0.1) is 27.9 Å². The number of ketones is 2. The van der Waals surface area contributed by atoms with E-state index in [9.17, 15) is 34.2 Å². The SMILES string of the molecule is COc1cc(C(CC(=O)NCC(=O)N2CC3CC(C2)c2cccc(=O)n2C3)C2=C(O)C3(Oc4c(Cl)c(OC)cc(OC)c4C3=O)C(C)CC2=O)ccc1O. The predicted molar refractivity (Wildman–Crippen MR) is 194 cm³/mol. The molecule has 3 N–H and O–H groups in total. The number of carbonyl (C=O) groups excluding carboxylic acids is 4. The second-order valence-electron chi connectivity index (χ2n) is 14.2. The zero-order valence-corrected chi connectivity index (χ0v) is 30.9. The van der Waals surface area contributed by atoms with Crippen LogP contribution >= 0.6 is 11.6 Å². The van der Waals surface area contributed by atoms with E-state index in [0.29, 0.717) is 25.2 Å². The molecule has 3 aromatic rings. The van der Waals surface area contributed by atoms with Gasteiger partial charge in [0.2, 0.25) is 23.2 Å². The molecule has 1 aliphatic carbocycles. The first-order valence-corrected chi connectivity index (χ1v) is 18.0. The maximum atomic E-state index is 14.4. The van der Waals surface area contributed by atoms with E-state index >= 15 is 0 Å². The third-order valence-corrected chi connectivity index (χ3v) is 11.5. The van der Waals surface area contributed by atoms with Gasteiger partial charge in [0.25, 0.3) is 5.56 Å². The summed E-state index contributed by atoms with van der Waals surface area (Å²) in [4.78, 5) is 69.7. The number of allylic oxidation sites excluding steroid dienone is 1. The van der Waals surface area contributed by atoms with Crippen molar-refractivity contribution in [2.24, 2.45) is 11.8 Å². The van der Waals surface area contributed by atoms with Crippen LogP contribution < -0.4 is 29.8 Å². The Morgan fingerprint density at radius 1 is 1.00 bits per heavy atom. The van der Waals surface area contributed by atoms with Crippen LogP contribution in [-0.2, 0) is 20.9 Å². The topological polar surface area (TPSA) is 183 Å². The van der Waals surface area contributed by atoms with Gasteiger partial charge in [0.15, 0.2) is 28.8 Å². The van der Waals surface area contributed by atoms with Crippen LogP contribution in [0.2, 0.25) is 5.02 Å². The van der Waals surface area contributed by atoms with Gasteiger partial charge in [-0.25, -0.2) is 0 Å². The fourth-order valence-corrected chi connectivity index (χ4v) is 8.74. The number of fused-ring (bicyclic) bond motifs is 5. The number of aromatic hydroxyl groups is 1. The van der Waals surface area contributed by atoms with Crippen LogP contribution in [0.5, 0.6) is 28.7 Å². The minimum atomic E-state index is -2.10. The number of rotatable bonds is 9. The van der Waals surface area contributed by atoms with Crippen LogP contribution in [0.25, 0.3) is 0 Å². The van der Waals surface area contributed by atoms with Crippen molar-refractivity contribution in [1.29, 1.82) is 0 Å². The first-order valence-electron chi connectivity index (χ1n) is 17.6. The number of Topliss-reactive ketones (excluding diaryl/α,β-unsaturated/α-hetero) is 2. The number of nitrogens with one attached hydrogen (secondary N) is 1. The molecule has 7 rings (SSSR count). The molecule has 2 bridgehead atoms. The molecule has 3 aliphatic heterocycles. The Labute approximate surface area is 315 Å². The second-order valence-corrected chi connectivity index (χ2v) is 14.6. The number of phenolic OH excluding ortho intramolecular Hbond substituents is 1. The van der Waals surface area contributed by atoms with Gasteiger partial charge in [0.1, 0.15) is 22.1 Å². The standard InChI is InChI=1S/C39H40ClN3O11/c1-19-10-26(45)33(37(49)39(19)38(50)34-28(52-3)14-29(53-4)35(40)36(34)54-39)23(21-8-9-25(44)27(12-21)51-2)13-30(46)41-15-32(48)42-16-20-11-22(18-42)24-6-5-7-31(47)43(24)17-20/h5-9,12,14,19-20,22-23,44,49H,10-11,13,15-18H2,1-4H3,(H,41,46).